The van der Waals surface area contributed by atoms with Crippen LogP contribution >= 0.6 is 19.2 Å². The molecule has 1 rings (SSSR count). The number of rotatable bonds is 4. The van der Waals surface area contributed by atoms with Crippen LogP contribution in [-0.4, -0.2) is 21.9 Å². The van der Waals surface area contributed by atoms with Crippen LogP contribution in [0.2, 0.25) is 5.02 Å². The van der Waals surface area contributed by atoms with Crippen LogP contribution in [0.4, 0.5) is 0 Å². The maximum atomic E-state index is 11.0. The summed E-state index contributed by atoms with van der Waals surface area (Å²) in [5.74, 6) is -0.349. The standard InChI is InChI=1S/C10H13ClNO4P/c1-7(13)12-10(6-17(14,15)16)8-2-4-9(11)5-3-8/h2-5,10H,6H2,1H3,(H,12,13)(H2,14,15,16). The van der Waals surface area contributed by atoms with Crippen molar-refractivity contribution in [1.82, 2.24) is 5.32 Å². The minimum atomic E-state index is -4.20. The van der Waals surface area contributed by atoms with Gasteiger partial charge in [0.25, 0.3) is 0 Å². The molecule has 0 aliphatic heterocycles. The lowest BCUT2D eigenvalue weighted by atomic mass is 10.1. The number of nitrogens with one attached hydrogen (secondary N) is 1. The van der Waals surface area contributed by atoms with Gasteiger partial charge in [-0.1, -0.05) is 23.7 Å². The third-order valence-electron chi connectivity index (χ3n) is 2.07. The van der Waals surface area contributed by atoms with Gasteiger partial charge in [-0.25, -0.2) is 0 Å². The van der Waals surface area contributed by atoms with E-state index in [1.54, 1.807) is 24.3 Å². The fourth-order valence-electron chi connectivity index (χ4n) is 1.41. The second kappa shape index (κ2) is 5.65. The third kappa shape index (κ3) is 5.33. The Bertz CT molecular complexity index is 442. The number of amides is 1. The molecule has 94 valence electrons. The monoisotopic (exact) mass is 277 g/mol. The zero-order valence-electron chi connectivity index (χ0n) is 9.13. The molecule has 1 atom stereocenters. The van der Waals surface area contributed by atoms with Gasteiger partial charge in [0.2, 0.25) is 5.91 Å². The smallest absolute Gasteiger partial charge is 0.327 e. The Labute approximate surface area is 104 Å². The van der Waals surface area contributed by atoms with E-state index in [9.17, 15) is 9.36 Å². The first kappa shape index (κ1) is 14.2. The van der Waals surface area contributed by atoms with Crippen LogP contribution in [0.3, 0.4) is 0 Å². The Kier molecular flexibility index (Phi) is 4.71. The van der Waals surface area contributed by atoms with Crippen LogP contribution in [0.15, 0.2) is 24.3 Å². The summed E-state index contributed by atoms with van der Waals surface area (Å²) in [5.41, 5.74) is 0.605. The molecular weight excluding hydrogens is 265 g/mol. The highest BCUT2D eigenvalue weighted by atomic mass is 35.5. The summed E-state index contributed by atoms with van der Waals surface area (Å²) in [5, 5.41) is 3.02. The quantitative estimate of drug-likeness (QED) is 0.731. The summed E-state index contributed by atoms with van der Waals surface area (Å²) < 4.78 is 11.0. The van der Waals surface area contributed by atoms with Gasteiger partial charge in [0.15, 0.2) is 0 Å². The van der Waals surface area contributed by atoms with Gasteiger partial charge >= 0.3 is 7.60 Å². The van der Waals surface area contributed by atoms with Gasteiger partial charge in [-0.2, -0.15) is 0 Å². The topological polar surface area (TPSA) is 86.6 Å². The Balaban J connectivity index is 2.93. The summed E-state index contributed by atoms with van der Waals surface area (Å²) in [4.78, 5) is 28.9. The van der Waals surface area contributed by atoms with Gasteiger partial charge in [0, 0.05) is 11.9 Å². The van der Waals surface area contributed by atoms with E-state index >= 15 is 0 Å². The van der Waals surface area contributed by atoms with Gasteiger partial charge < -0.3 is 15.1 Å². The Morgan fingerprint density at radius 1 is 1.41 bits per heavy atom. The first-order valence-corrected chi connectivity index (χ1v) is 7.02. The summed E-state index contributed by atoms with van der Waals surface area (Å²) in [6, 6.07) is 5.74. The van der Waals surface area contributed by atoms with E-state index in [4.69, 9.17) is 21.4 Å². The van der Waals surface area contributed by atoms with E-state index in [-0.39, 0.29) is 5.91 Å². The molecule has 7 heteroatoms. The minimum absolute atomic E-state index is 0.349. The molecule has 0 saturated carbocycles. The van der Waals surface area contributed by atoms with Gasteiger partial charge in [-0.15, -0.1) is 0 Å². The first-order chi connectivity index (χ1) is 7.78. The number of hydrogen-bond donors (Lipinski definition) is 3. The largest absolute Gasteiger partial charge is 0.349 e. The molecule has 1 amide bonds. The molecule has 0 aromatic heterocycles. The van der Waals surface area contributed by atoms with Crippen molar-refractivity contribution < 1.29 is 19.1 Å². The van der Waals surface area contributed by atoms with Crippen LogP contribution in [0.25, 0.3) is 0 Å². The van der Waals surface area contributed by atoms with E-state index in [2.05, 4.69) is 5.32 Å². The van der Waals surface area contributed by atoms with Crippen LogP contribution in [0.1, 0.15) is 18.5 Å². The van der Waals surface area contributed by atoms with Gasteiger partial charge in [0.1, 0.15) is 0 Å². The van der Waals surface area contributed by atoms with E-state index in [0.29, 0.717) is 10.6 Å². The molecule has 0 saturated heterocycles. The SMILES string of the molecule is CC(=O)NC(CP(=O)(O)O)c1ccc(Cl)cc1. The van der Waals surface area contributed by atoms with Crippen molar-refractivity contribution in [3.8, 4) is 0 Å². The molecule has 0 aliphatic carbocycles. The molecule has 1 unspecified atom stereocenters. The fourth-order valence-corrected chi connectivity index (χ4v) is 2.32. The maximum Gasteiger partial charge on any atom is 0.327 e. The Morgan fingerprint density at radius 3 is 2.35 bits per heavy atom. The fraction of sp³-hybridized carbons (Fsp3) is 0.300. The number of carbonyl (C=O) groups excluding carboxylic acids is 1. The molecular formula is C10H13ClNO4P. The summed E-state index contributed by atoms with van der Waals surface area (Å²) in [7, 11) is -4.20. The van der Waals surface area contributed by atoms with Crippen molar-refractivity contribution in [3.63, 3.8) is 0 Å². The molecule has 1 aromatic carbocycles. The lowest BCUT2D eigenvalue weighted by molar-refractivity contribution is -0.119. The molecule has 1 aromatic rings. The minimum Gasteiger partial charge on any atom is -0.349 e. The highest BCUT2D eigenvalue weighted by molar-refractivity contribution is 7.51. The van der Waals surface area contributed by atoms with Crippen LogP contribution in [0.5, 0.6) is 0 Å². The third-order valence-corrected chi connectivity index (χ3v) is 3.16. The van der Waals surface area contributed by atoms with E-state index in [1.165, 1.54) is 6.92 Å². The predicted octanol–water partition coefficient (Wildman–Crippen LogP) is 1.69. The van der Waals surface area contributed by atoms with Crippen molar-refractivity contribution in [2.75, 3.05) is 6.16 Å². The van der Waals surface area contributed by atoms with E-state index < -0.39 is 19.8 Å². The Morgan fingerprint density at radius 2 is 1.94 bits per heavy atom. The molecule has 0 heterocycles. The van der Waals surface area contributed by atoms with Gasteiger partial charge in [-0.05, 0) is 17.7 Å². The number of hydrogen-bond acceptors (Lipinski definition) is 2. The lowest BCUT2D eigenvalue weighted by Crippen LogP contribution is -2.28. The molecule has 0 aliphatic rings. The van der Waals surface area contributed by atoms with Crippen LogP contribution in [0, 0.1) is 0 Å². The number of benzene rings is 1. The molecule has 0 bridgehead atoms. The molecule has 17 heavy (non-hydrogen) atoms. The summed E-state index contributed by atoms with van der Waals surface area (Å²) in [6.07, 6.45) is -0.436. The number of halogens is 1. The zero-order chi connectivity index (χ0) is 13.1. The number of carbonyl (C=O) groups is 1. The van der Waals surface area contributed by atoms with Crippen molar-refractivity contribution in [3.05, 3.63) is 34.9 Å². The van der Waals surface area contributed by atoms with Gasteiger partial charge in [0.05, 0.1) is 12.2 Å². The lowest BCUT2D eigenvalue weighted by Gasteiger charge is -2.18. The predicted molar refractivity (Wildman–Crippen MR) is 64.9 cm³/mol. The highest BCUT2D eigenvalue weighted by Gasteiger charge is 2.23. The van der Waals surface area contributed by atoms with Crippen molar-refractivity contribution in [2.24, 2.45) is 0 Å². The molecule has 3 N–H and O–H groups in total. The zero-order valence-corrected chi connectivity index (χ0v) is 10.8. The molecule has 0 spiro atoms. The van der Waals surface area contributed by atoms with E-state index in [1.807, 2.05) is 0 Å². The second-order valence-electron chi connectivity index (χ2n) is 3.65. The molecule has 5 nitrogen and oxygen atoms in total. The normalized spacial score (nSPS) is 13.2. The highest BCUT2D eigenvalue weighted by Crippen LogP contribution is 2.39. The van der Waals surface area contributed by atoms with E-state index in [0.717, 1.165) is 0 Å². The maximum absolute atomic E-state index is 11.0. The molecule has 0 fully saturated rings. The van der Waals surface area contributed by atoms with Crippen LogP contribution < -0.4 is 5.32 Å². The summed E-state index contributed by atoms with van der Waals surface area (Å²) in [6.45, 7) is 1.29. The second-order valence-corrected chi connectivity index (χ2v) is 5.78. The van der Waals surface area contributed by atoms with Crippen molar-refractivity contribution in [2.45, 2.75) is 13.0 Å². The van der Waals surface area contributed by atoms with Crippen molar-refractivity contribution in [1.29, 1.82) is 0 Å². The van der Waals surface area contributed by atoms with Crippen molar-refractivity contribution >= 4 is 25.1 Å². The summed E-state index contributed by atoms with van der Waals surface area (Å²) >= 11 is 5.71. The Hall–Kier alpha value is -0.870. The average Bonchev–Trinajstić information content (AvgIpc) is 2.14. The average molecular weight is 278 g/mol. The van der Waals surface area contributed by atoms with Gasteiger partial charge in [-0.3, -0.25) is 9.36 Å². The van der Waals surface area contributed by atoms with Crippen LogP contribution in [-0.2, 0) is 9.36 Å². The molecule has 0 radical (unpaired) electrons. The first-order valence-electron chi connectivity index (χ1n) is 4.85.